The van der Waals surface area contributed by atoms with Crippen molar-refractivity contribution in [2.45, 2.75) is 62.8 Å². The summed E-state index contributed by atoms with van der Waals surface area (Å²) < 4.78 is 26.5. The third kappa shape index (κ3) is 5.77. The van der Waals surface area contributed by atoms with Crippen LogP contribution in [0.1, 0.15) is 57.9 Å². The number of carbonyl (C=O) groups excluding carboxylic acids is 1. The molecule has 0 bridgehead atoms. The van der Waals surface area contributed by atoms with Gasteiger partial charge in [0.1, 0.15) is 5.84 Å². The van der Waals surface area contributed by atoms with Crippen molar-refractivity contribution in [3.63, 3.8) is 0 Å². The molecule has 1 aliphatic rings. The molecule has 2 rings (SSSR count). The van der Waals surface area contributed by atoms with Gasteiger partial charge in [0.05, 0.1) is 4.90 Å². The molecule has 1 aliphatic heterocycles. The molecule has 0 saturated carbocycles. The van der Waals surface area contributed by atoms with Gasteiger partial charge in [-0.2, -0.15) is 0 Å². The van der Waals surface area contributed by atoms with Crippen molar-refractivity contribution in [2.24, 2.45) is 10.7 Å². The smallest absolute Gasteiger partial charge is 0.263 e. The summed E-state index contributed by atoms with van der Waals surface area (Å²) in [7, 11) is -3.48. The van der Waals surface area contributed by atoms with E-state index in [0.29, 0.717) is 30.9 Å². The minimum absolute atomic E-state index is 0.0236. The Morgan fingerprint density at radius 1 is 1.19 bits per heavy atom. The first-order chi connectivity index (χ1) is 12.8. The quantitative estimate of drug-likeness (QED) is 0.526. The van der Waals surface area contributed by atoms with E-state index in [1.54, 1.807) is 24.3 Å². The van der Waals surface area contributed by atoms with Gasteiger partial charge < -0.3 is 11.1 Å². The number of fused-ring (bicyclic) bond motifs is 1. The van der Waals surface area contributed by atoms with Gasteiger partial charge in [-0.1, -0.05) is 32.4 Å². The van der Waals surface area contributed by atoms with Crippen molar-refractivity contribution < 1.29 is 13.2 Å². The van der Waals surface area contributed by atoms with Gasteiger partial charge in [-0.25, -0.2) is 8.42 Å². The maximum atomic E-state index is 12.0. The standard InChI is InChI=1S/C19H30N4O3S/c1-3-19(20,4-2)14-22-17(24)12-6-5-9-13-21-18-15-10-7-8-11-16(15)27(25,26)23-18/h7-8,10-11H,3-6,9,12-14,20H2,1-2H3,(H,21,23)(H,22,24). The van der Waals surface area contributed by atoms with Crippen molar-refractivity contribution in [1.82, 2.24) is 10.0 Å². The number of nitrogens with zero attached hydrogens (tertiary/aromatic N) is 1. The fraction of sp³-hybridized carbons (Fsp3) is 0.579. The summed E-state index contributed by atoms with van der Waals surface area (Å²) in [6.07, 6.45) is 4.55. The van der Waals surface area contributed by atoms with Crippen molar-refractivity contribution in [3.8, 4) is 0 Å². The number of amides is 1. The fourth-order valence-corrected chi connectivity index (χ4v) is 4.13. The lowest BCUT2D eigenvalue weighted by Crippen LogP contribution is -2.49. The average molecular weight is 395 g/mol. The number of nitrogens with two attached hydrogens (primary N) is 1. The minimum atomic E-state index is -3.48. The molecule has 150 valence electrons. The minimum Gasteiger partial charge on any atom is -0.354 e. The predicted octanol–water partition coefficient (Wildman–Crippen LogP) is 1.92. The summed E-state index contributed by atoms with van der Waals surface area (Å²) in [6, 6.07) is 6.82. The number of hydrogen-bond acceptors (Lipinski definition) is 5. The highest BCUT2D eigenvalue weighted by Crippen LogP contribution is 2.22. The van der Waals surface area contributed by atoms with Crippen LogP contribution in [0.15, 0.2) is 34.2 Å². The number of carbonyl (C=O) groups is 1. The summed E-state index contributed by atoms with van der Waals surface area (Å²) >= 11 is 0. The summed E-state index contributed by atoms with van der Waals surface area (Å²) in [4.78, 5) is 16.6. The van der Waals surface area contributed by atoms with E-state index < -0.39 is 10.0 Å². The number of rotatable bonds is 10. The Morgan fingerprint density at radius 2 is 1.89 bits per heavy atom. The Balaban J connectivity index is 1.70. The summed E-state index contributed by atoms with van der Waals surface area (Å²) in [6.45, 7) is 5.08. The van der Waals surface area contributed by atoms with Gasteiger partial charge in [0, 0.05) is 30.6 Å². The van der Waals surface area contributed by atoms with Crippen LogP contribution in [0.4, 0.5) is 0 Å². The lowest BCUT2D eigenvalue weighted by Gasteiger charge is -2.26. The van der Waals surface area contributed by atoms with E-state index in [0.717, 1.165) is 32.1 Å². The summed E-state index contributed by atoms with van der Waals surface area (Å²) in [5.74, 6) is 0.428. The molecule has 0 atom stereocenters. The van der Waals surface area contributed by atoms with Gasteiger partial charge in [-0.15, -0.1) is 0 Å². The highest BCUT2D eigenvalue weighted by molar-refractivity contribution is 7.90. The van der Waals surface area contributed by atoms with E-state index in [1.165, 1.54) is 0 Å². The second-order valence-electron chi connectivity index (χ2n) is 6.99. The first kappa shape index (κ1) is 21.4. The molecular formula is C19H30N4O3S. The molecule has 4 N–H and O–H groups in total. The van der Waals surface area contributed by atoms with Crippen LogP contribution in [-0.4, -0.2) is 38.8 Å². The van der Waals surface area contributed by atoms with Gasteiger partial charge in [0.25, 0.3) is 10.0 Å². The van der Waals surface area contributed by atoms with Gasteiger partial charge >= 0.3 is 0 Å². The first-order valence-corrected chi connectivity index (χ1v) is 11.0. The van der Waals surface area contributed by atoms with Crippen molar-refractivity contribution in [1.29, 1.82) is 0 Å². The Labute approximate surface area is 161 Å². The van der Waals surface area contributed by atoms with Crippen molar-refractivity contribution in [2.75, 3.05) is 13.1 Å². The largest absolute Gasteiger partial charge is 0.354 e. The molecule has 0 aliphatic carbocycles. The Kier molecular flexibility index (Phi) is 7.38. The zero-order valence-corrected chi connectivity index (χ0v) is 16.9. The van der Waals surface area contributed by atoms with Gasteiger partial charge in [-0.05, 0) is 37.8 Å². The molecule has 0 aromatic heterocycles. The lowest BCUT2D eigenvalue weighted by molar-refractivity contribution is -0.121. The SMILES string of the molecule is CCC(N)(CC)CNC(=O)CCCCCN=C1NS(=O)(=O)c2ccccc21. The zero-order valence-electron chi connectivity index (χ0n) is 16.1. The fourth-order valence-electron chi connectivity index (χ4n) is 2.88. The second-order valence-corrected chi connectivity index (χ2v) is 8.64. The van der Waals surface area contributed by atoms with Crippen molar-refractivity contribution >= 4 is 21.8 Å². The molecule has 1 heterocycles. The molecule has 27 heavy (non-hydrogen) atoms. The number of benzene rings is 1. The molecule has 0 radical (unpaired) electrons. The van der Waals surface area contributed by atoms with Gasteiger partial charge in [0.2, 0.25) is 5.91 Å². The van der Waals surface area contributed by atoms with E-state index >= 15 is 0 Å². The Hall–Kier alpha value is -1.93. The van der Waals surface area contributed by atoms with Crippen LogP contribution in [0.5, 0.6) is 0 Å². The average Bonchev–Trinajstić information content (AvgIpc) is 2.93. The molecule has 0 fully saturated rings. The molecule has 1 aromatic rings. The summed E-state index contributed by atoms with van der Waals surface area (Å²) in [5, 5.41) is 2.91. The highest BCUT2D eigenvalue weighted by atomic mass is 32.2. The second kappa shape index (κ2) is 9.32. The number of sulfonamides is 1. The van der Waals surface area contributed by atoms with Crippen LogP contribution in [0.25, 0.3) is 0 Å². The van der Waals surface area contributed by atoms with E-state index in [1.807, 2.05) is 13.8 Å². The molecule has 1 amide bonds. The van der Waals surface area contributed by atoms with Gasteiger partial charge in [-0.3, -0.25) is 14.5 Å². The first-order valence-electron chi connectivity index (χ1n) is 9.53. The Morgan fingerprint density at radius 3 is 2.59 bits per heavy atom. The normalized spacial score (nSPS) is 16.8. The number of hydrogen-bond donors (Lipinski definition) is 3. The van der Waals surface area contributed by atoms with Crippen LogP contribution in [0, 0.1) is 0 Å². The number of unbranched alkanes of at least 4 members (excludes halogenated alkanes) is 2. The molecule has 0 saturated heterocycles. The van der Waals surface area contributed by atoms with E-state index in [2.05, 4.69) is 15.0 Å². The number of nitrogens with one attached hydrogen (secondary N) is 2. The van der Waals surface area contributed by atoms with Crippen LogP contribution >= 0.6 is 0 Å². The van der Waals surface area contributed by atoms with E-state index in [9.17, 15) is 13.2 Å². The van der Waals surface area contributed by atoms with E-state index in [-0.39, 0.29) is 16.3 Å². The van der Waals surface area contributed by atoms with Gasteiger partial charge in [0.15, 0.2) is 0 Å². The molecular weight excluding hydrogens is 364 g/mol. The molecule has 1 aromatic carbocycles. The third-order valence-electron chi connectivity index (χ3n) is 5.04. The topological polar surface area (TPSA) is 114 Å². The molecule has 0 unspecified atom stereocenters. The zero-order chi connectivity index (χ0) is 19.9. The predicted molar refractivity (Wildman–Crippen MR) is 107 cm³/mol. The van der Waals surface area contributed by atoms with Crippen LogP contribution in [0.2, 0.25) is 0 Å². The summed E-state index contributed by atoms with van der Waals surface area (Å²) in [5.41, 5.74) is 6.47. The van der Waals surface area contributed by atoms with Crippen molar-refractivity contribution in [3.05, 3.63) is 29.8 Å². The third-order valence-corrected chi connectivity index (χ3v) is 6.44. The monoisotopic (exact) mass is 394 g/mol. The lowest BCUT2D eigenvalue weighted by atomic mass is 9.94. The number of aliphatic imine (C=N–C) groups is 1. The number of amidine groups is 1. The molecule has 0 spiro atoms. The van der Waals surface area contributed by atoms with Crippen LogP contribution in [-0.2, 0) is 14.8 Å². The van der Waals surface area contributed by atoms with E-state index in [4.69, 9.17) is 5.73 Å². The van der Waals surface area contributed by atoms with Crippen LogP contribution in [0.3, 0.4) is 0 Å². The highest BCUT2D eigenvalue weighted by Gasteiger charge is 2.29. The maximum absolute atomic E-state index is 12.0. The molecule has 8 heteroatoms. The van der Waals surface area contributed by atoms with Crippen LogP contribution < -0.4 is 15.8 Å². The maximum Gasteiger partial charge on any atom is 0.263 e. The Bertz CT molecular complexity index is 786. The molecule has 7 nitrogen and oxygen atoms in total.